The first-order valence-electron chi connectivity index (χ1n) is 9.10. The number of sulfonamides is 1. The van der Waals surface area contributed by atoms with Crippen LogP contribution < -0.4 is 10.9 Å². The minimum absolute atomic E-state index is 0.260. The molecular weight excluding hydrogens is 378 g/mol. The van der Waals surface area contributed by atoms with Crippen LogP contribution in [0.3, 0.4) is 0 Å². The van der Waals surface area contributed by atoms with Crippen LogP contribution in [0.4, 0.5) is 0 Å². The van der Waals surface area contributed by atoms with E-state index in [4.69, 9.17) is 0 Å². The molecule has 148 valence electrons. The van der Waals surface area contributed by atoms with Crippen LogP contribution in [-0.4, -0.2) is 37.6 Å². The van der Waals surface area contributed by atoms with E-state index in [9.17, 15) is 18.0 Å². The number of rotatable bonds is 4. The number of hydrogen-bond acceptors (Lipinski definition) is 4. The maximum Gasteiger partial charge on any atom is 0.269 e. The Labute approximate surface area is 164 Å². The third-order valence-corrected chi connectivity index (χ3v) is 6.73. The first-order valence-corrected chi connectivity index (χ1v) is 10.5. The van der Waals surface area contributed by atoms with Crippen LogP contribution in [0.2, 0.25) is 0 Å². The number of nitrogens with zero attached hydrogens (tertiary/aromatic N) is 1. The molecule has 8 heteroatoms. The van der Waals surface area contributed by atoms with E-state index in [1.165, 1.54) is 4.31 Å². The average Bonchev–Trinajstić information content (AvgIpc) is 2.73. The molecule has 3 rings (SSSR count). The molecule has 1 aliphatic heterocycles. The summed E-state index contributed by atoms with van der Waals surface area (Å²) in [5.74, 6) is -1.05. The summed E-state index contributed by atoms with van der Waals surface area (Å²) in [4.78, 5) is 24.5. The van der Waals surface area contributed by atoms with Gasteiger partial charge in [-0.15, -0.1) is 0 Å². The van der Waals surface area contributed by atoms with Crippen molar-refractivity contribution in [2.75, 3.05) is 13.1 Å². The summed E-state index contributed by atoms with van der Waals surface area (Å²) < 4.78 is 26.8. The molecule has 1 saturated heterocycles. The predicted octanol–water partition coefficient (Wildman–Crippen LogP) is 1.86. The SMILES string of the molecule is Cc1ccc(S(=O)(=O)N2CCC(C(=O)NNC(=O)c3ccccc3)CC2)cc1. The van der Waals surface area contributed by atoms with Gasteiger partial charge in [0.25, 0.3) is 5.91 Å². The molecule has 0 radical (unpaired) electrons. The summed E-state index contributed by atoms with van der Waals surface area (Å²) in [7, 11) is -3.56. The Morgan fingerprint density at radius 2 is 1.54 bits per heavy atom. The minimum atomic E-state index is -3.56. The van der Waals surface area contributed by atoms with E-state index in [1.807, 2.05) is 6.92 Å². The van der Waals surface area contributed by atoms with Crippen molar-refractivity contribution in [3.05, 3.63) is 65.7 Å². The van der Waals surface area contributed by atoms with E-state index in [2.05, 4.69) is 10.9 Å². The molecule has 2 N–H and O–H groups in total. The Morgan fingerprint density at radius 1 is 0.929 bits per heavy atom. The fourth-order valence-corrected chi connectivity index (χ4v) is 4.57. The lowest BCUT2D eigenvalue weighted by atomic mass is 9.98. The van der Waals surface area contributed by atoms with Crippen molar-refractivity contribution >= 4 is 21.8 Å². The van der Waals surface area contributed by atoms with Crippen molar-refractivity contribution in [1.29, 1.82) is 0 Å². The summed E-state index contributed by atoms with van der Waals surface area (Å²) in [6, 6.07) is 15.3. The maximum atomic E-state index is 12.7. The molecule has 0 unspecified atom stereocenters. The van der Waals surface area contributed by atoms with Gasteiger partial charge >= 0.3 is 0 Å². The standard InChI is InChI=1S/C20H23N3O4S/c1-15-7-9-18(10-8-15)28(26,27)23-13-11-17(12-14-23)20(25)22-21-19(24)16-5-3-2-4-6-16/h2-10,17H,11-14H2,1H3,(H,21,24)(H,22,25). The first kappa shape index (κ1) is 20.0. The number of amides is 2. The summed E-state index contributed by atoms with van der Waals surface area (Å²) in [6.45, 7) is 2.43. The average molecular weight is 401 g/mol. The monoisotopic (exact) mass is 401 g/mol. The fraction of sp³-hybridized carbons (Fsp3) is 0.300. The van der Waals surface area contributed by atoms with Crippen LogP contribution >= 0.6 is 0 Å². The van der Waals surface area contributed by atoms with E-state index < -0.39 is 15.9 Å². The highest BCUT2D eigenvalue weighted by Crippen LogP contribution is 2.24. The van der Waals surface area contributed by atoms with Crippen LogP contribution in [-0.2, 0) is 14.8 Å². The van der Waals surface area contributed by atoms with E-state index in [-0.39, 0.29) is 29.8 Å². The Morgan fingerprint density at radius 3 is 2.14 bits per heavy atom. The van der Waals surface area contributed by atoms with Gasteiger partial charge < -0.3 is 0 Å². The van der Waals surface area contributed by atoms with E-state index in [0.29, 0.717) is 18.4 Å². The number of carbonyl (C=O) groups is 2. The second-order valence-corrected chi connectivity index (χ2v) is 8.74. The zero-order valence-corrected chi connectivity index (χ0v) is 16.4. The van der Waals surface area contributed by atoms with Crippen molar-refractivity contribution in [2.24, 2.45) is 5.92 Å². The topological polar surface area (TPSA) is 95.6 Å². The van der Waals surface area contributed by atoms with Crippen molar-refractivity contribution < 1.29 is 18.0 Å². The number of carbonyl (C=O) groups excluding carboxylic acids is 2. The highest BCUT2D eigenvalue weighted by atomic mass is 32.2. The number of nitrogens with one attached hydrogen (secondary N) is 2. The molecule has 2 aromatic carbocycles. The van der Waals surface area contributed by atoms with Gasteiger partial charge in [0.05, 0.1) is 4.90 Å². The zero-order valence-electron chi connectivity index (χ0n) is 15.6. The second kappa shape index (κ2) is 8.53. The Bertz CT molecular complexity index is 935. The lowest BCUT2D eigenvalue weighted by Crippen LogP contribution is -2.48. The predicted molar refractivity (Wildman–Crippen MR) is 105 cm³/mol. The van der Waals surface area contributed by atoms with Crippen molar-refractivity contribution in [2.45, 2.75) is 24.7 Å². The van der Waals surface area contributed by atoms with Crippen LogP contribution in [0, 0.1) is 12.8 Å². The molecule has 2 aromatic rings. The van der Waals surface area contributed by atoms with Crippen molar-refractivity contribution in [1.82, 2.24) is 15.2 Å². The van der Waals surface area contributed by atoms with Gasteiger partial charge in [-0.25, -0.2) is 8.42 Å². The molecule has 0 atom stereocenters. The molecule has 0 aromatic heterocycles. The zero-order chi connectivity index (χ0) is 20.1. The van der Waals surface area contributed by atoms with Gasteiger partial charge in [0.15, 0.2) is 0 Å². The van der Waals surface area contributed by atoms with Crippen LogP contribution in [0.25, 0.3) is 0 Å². The minimum Gasteiger partial charge on any atom is -0.273 e. The number of piperidine rings is 1. The third kappa shape index (κ3) is 4.58. The smallest absolute Gasteiger partial charge is 0.269 e. The molecule has 0 aliphatic carbocycles. The third-order valence-electron chi connectivity index (χ3n) is 4.82. The molecule has 0 saturated carbocycles. The van der Waals surface area contributed by atoms with Gasteiger partial charge in [-0.1, -0.05) is 35.9 Å². The van der Waals surface area contributed by atoms with Gasteiger partial charge in [0.1, 0.15) is 0 Å². The van der Waals surface area contributed by atoms with Gasteiger partial charge in [-0.2, -0.15) is 4.31 Å². The summed E-state index contributed by atoms with van der Waals surface area (Å²) in [5, 5.41) is 0. The molecule has 0 bridgehead atoms. The van der Waals surface area contributed by atoms with Crippen LogP contribution in [0.15, 0.2) is 59.5 Å². The second-order valence-electron chi connectivity index (χ2n) is 6.80. The highest BCUT2D eigenvalue weighted by molar-refractivity contribution is 7.89. The summed E-state index contributed by atoms with van der Waals surface area (Å²) in [5.41, 5.74) is 6.27. The van der Waals surface area contributed by atoms with E-state index in [0.717, 1.165) is 5.56 Å². The Kier molecular flexibility index (Phi) is 6.11. The highest BCUT2D eigenvalue weighted by Gasteiger charge is 2.32. The Balaban J connectivity index is 1.52. The number of hydrogen-bond donors (Lipinski definition) is 2. The largest absolute Gasteiger partial charge is 0.273 e. The molecule has 1 fully saturated rings. The van der Waals surface area contributed by atoms with Gasteiger partial charge in [0, 0.05) is 24.6 Å². The van der Waals surface area contributed by atoms with Gasteiger partial charge in [-0.3, -0.25) is 20.4 Å². The number of aryl methyl sites for hydroxylation is 1. The number of benzene rings is 2. The molecule has 1 aliphatic rings. The van der Waals surface area contributed by atoms with Crippen molar-refractivity contribution in [3.8, 4) is 0 Å². The summed E-state index contributed by atoms with van der Waals surface area (Å²) >= 11 is 0. The van der Waals surface area contributed by atoms with Crippen molar-refractivity contribution in [3.63, 3.8) is 0 Å². The lowest BCUT2D eigenvalue weighted by Gasteiger charge is -2.30. The molecule has 1 heterocycles. The van der Waals surface area contributed by atoms with Crippen LogP contribution in [0.1, 0.15) is 28.8 Å². The van der Waals surface area contributed by atoms with Gasteiger partial charge in [-0.05, 0) is 44.0 Å². The summed E-state index contributed by atoms with van der Waals surface area (Å²) in [6.07, 6.45) is 0.802. The number of hydrazine groups is 1. The quantitative estimate of drug-likeness (QED) is 0.765. The molecule has 28 heavy (non-hydrogen) atoms. The first-order chi connectivity index (χ1) is 13.4. The van der Waals surface area contributed by atoms with Gasteiger partial charge in [0.2, 0.25) is 15.9 Å². The molecule has 0 spiro atoms. The molecular formula is C20H23N3O4S. The van der Waals surface area contributed by atoms with E-state index in [1.54, 1.807) is 54.6 Å². The molecule has 7 nitrogen and oxygen atoms in total. The van der Waals surface area contributed by atoms with Crippen LogP contribution in [0.5, 0.6) is 0 Å². The van der Waals surface area contributed by atoms with E-state index >= 15 is 0 Å². The molecule has 2 amide bonds. The Hall–Kier alpha value is -2.71. The maximum absolute atomic E-state index is 12.7. The fourth-order valence-electron chi connectivity index (χ4n) is 3.10. The normalized spacial score (nSPS) is 15.8. The lowest BCUT2D eigenvalue weighted by molar-refractivity contribution is -0.126.